The summed E-state index contributed by atoms with van der Waals surface area (Å²) >= 11 is 3.04. The molecular formula is C12H10BrFN2O. The molecule has 0 atom stereocenters. The van der Waals surface area contributed by atoms with Crippen molar-refractivity contribution in [2.45, 2.75) is 18.9 Å². The van der Waals surface area contributed by atoms with E-state index in [0.29, 0.717) is 5.56 Å². The van der Waals surface area contributed by atoms with Crippen molar-refractivity contribution in [1.29, 1.82) is 5.26 Å². The van der Waals surface area contributed by atoms with Gasteiger partial charge in [-0.05, 0) is 47.0 Å². The molecular weight excluding hydrogens is 287 g/mol. The van der Waals surface area contributed by atoms with Crippen LogP contribution in [0.5, 0.6) is 0 Å². The zero-order chi connectivity index (χ0) is 12.4. The Balaban J connectivity index is 2.22. The lowest BCUT2D eigenvalue weighted by Gasteiger charge is -2.19. The van der Waals surface area contributed by atoms with Crippen LogP contribution in [-0.4, -0.2) is 23.4 Å². The molecule has 0 aliphatic heterocycles. The van der Waals surface area contributed by atoms with Crippen LogP contribution in [0.2, 0.25) is 0 Å². The van der Waals surface area contributed by atoms with Crippen LogP contribution in [0.1, 0.15) is 23.2 Å². The molecule has 0 N–H and O–H groups in total. The number of rotatable bonds is 3. The predicted octanol–water partition coefficient (Wildman–Crippen LogP) is 2.72. The molecule has 0 heterocycles. The minimum atomic E-state index is -0.403. The van der Waals surface area contributed by atoms with Gasteiger partial charge in [-0.25, -0.2) is 4.39 Å². The average Bonchev–Trinajstić information content (AvgIpc) is 3.13. The monoisotopic (exact) mass is 296 g/mol. The molecule has 17 heavy (non-hydrogen) atoms. The van der Waals surface area contributed by atoms with Gasteiger partial charge in [-0.2, -0.15) is 5.26 Å². The minimum absolute atomic E-state index is 0.0818. The van der Waals surface area contributed by atoms with Gasteiger partial charge in [0, 0.05) is 11.6 Å². The summed E-state index contributed by atoms with van der Waals surface area (Å²) in [6.45, 7) is 0.0818. The van der Waals surface area contributed by atoms with Crippen LogP contribution in [0.3, 0.4) is 0 Å². The fraction of sp³-hybridized carbons (Fsp3) is 0.333. The van der Waals surface area contributed by atoms with E-state index in [1.54, 1.807) is 4.90 Å². The molecule has 1 aromatic carbocycles. The Labute approximate surface area is 107 Å². The van der Waals surface area contributed by atoms with Gasteiger partial charge < -0.3 is 4.90 Å². The fourth-order valence-electron chi connectivity index (χ4n) is 1.62. The van der Waals surface area contributed by atoms with E-state index in [1.165, 1.54) is 18.2 Å². The molecule has 1 aliphatic carbocycles. The molecule has 1 saturated carbocycles. The normalized spacial score (nSPS) is 14.2. The summed E-state index contributed by atoms with van der Waals surface area (Å²) in [6.07, 6.45) is 1.88. The maximum atomic E-state index is 13.1. The molecule has 1 fully saturated rings. The largest absolute Gasteiger partial charge is 0.322 e. The van der Waals surface area contributed by atoms with Gasteiger partial charge in [0.1, 0.15) is 12.4 Å². The van der Waals surface area contributed by atoms with E-state index in [2.05, 4.69) is 15.9 Å². The summed E-state index contributed by atoms with van der Waals surface area (Å²) in [5.74, 6) is -0.616. The zero-order valence-electron chi connectivity index (χ0n) is 8.99. The van der Waals surface area contributed by atoms with E-state index in [4.69, 9.17) is 5.26 Å². The number of nitriles is 1. The third-order valence-corrected chi connectivity index (χ3v) is 3.26. The van der Waals surface area contributed by atoms with Gasteiger partial charge in [-0.1, -0.05) is 0 Å². The van der Waals surface area contributed by atoms with Crippen molar-refractivity contribution in [2.24, 2.45) is 0 Å². The summed E-state index contributed by atoms with van der Waals surface area (Å²) < 4.78 is 13.3. The number of amides is 1. The predicted molar refractivity (Wildman–Crippen MR) is 63.8 cm³/mol. The molecule has 1 aliphatic rings. The first kappa shape index (κ1) is 12.1. The van der Waals surface area contributed by atoms with E-state index >= 15 is 0 Å². The maximum absolute atomic E-state index is 13.1. The minimum Gasteiger partial charge on any atom is -0.322 e. The van der Waals surface area contributed by atoms with Crippen LogP contribution < -0.4 is 0 Å². The number of carbonyl (C=O) groups is 1. The number of carbonyl (C=O) groups excluding carboxylic acids is 1. The van der Waals surface area contributed by atoms with E-state index < -0.39 is 5.82 Å². The standard InChI is InChI=1S/C12H10BrFN2O/c13-10-7-8(1-4-11(10)14)12(17)16(6-5-15)9-2-3-9/h1,4,7,9H,2-3,6H2. The highest BCUT2D eigenvalue weighted by molar-refractivity contribution is 9.10. The average molecular weight is 297 g/mol. The van der Waals surface area contributed by atoms with E-state index in [-0.39, 0.29) is 23.0 Å². The van der Waals surface area contributed by atoms with Crippen LogP contribution in [-0.2, 0) is 0 Å². The van der Waals surface area contributed by atoms with Gasteiger partial charge in [0.15, 0.2) is 0 Å². The Morgan fingerprint density at radius 1 is 1.59 bits per heavy atom. The molecule has 0 saturated heterocycles. The summed E-state index contributed by atoms with van der Waals surface area (Å²) in [7, 11) is 0. The van der Waals surface area contributed by atoms with Crippen molar-refractivity contribution in [1.82, 2.24) is 4.90 Å². The molecule has 0 spiro atoms. The lowest BCUT2D eigenvalue weighted by Crippen LogP contribution is -2.33. The Morgan fingerprint density at radius 3 is 2.82 bits per heavy atom. The molecule has 2 rings (SSSR count). The highest BCUT2D eigenvalue weighted by Gasteiger charge is 2.32. The first-order chi connectivity index (χ1) is 8.13. The Morgan fingerprint density at radius 2 is 2.29 bits per heavy atom. The van der Waals surface area contributed by atoms with Crippen LogP contribution in [0.15, 0.2) is 22.7 Å². The van der Waals surface area contributed by atoms with Crippen LogP contribution in [0.25, 0.3) is 0 Å². The summed E-state index contributed by atoms with van der Waals surface area (Å²) in [6, 6.07) is 6.29. The highest BCUT2D eigenvalue weighted by Crippen LogP contribution is 2.28. The van der Waals surface area contributed by atoms with Crippen molar-refractivity contribution in [3.63, 3.8) is 0 Å². The van der Waals surface area contributed by atoms with Crippen molar-refractivity contribution in [3.05, 3.63) is 34.1 Å². The van der Waals surface area contributed by atoms with Gasteiger partial charge in [-0.15, -0.1) is 0 Å². The van der Waals surface area contributed by atoms with Crippen LogP contribution in [0.4, 0.5) is 4.39 Å². The third-order valence-electron chi connectivity index (χ3n) is 2.66. The van der Waals surface area contributed by atoms with Crippen molar-refractivity contribution in [3.8, 4) is 6.07 Å². The molecule has 1 aromatic rings. The fourth-order valence-corrected chi connectivity index (χ4v) is 2.00. The van der Waals surface area contributed by atoms with Crippen LogP contribution >= 0.6 is 15.9 Å². The molecule has 0 bridgehead atoms. The van der Waals surface area contributed by atoms with Crippen molar-refractivity contribution >= 4 is 21.8 Å². The summed E-state index contributed by atoms with van der Waals surface area (Å²) in [4.78, 5) is 13.7. The van der Waals surface area contributed by atoms with E-state index in [1.807, 2.05) is 6.07 Å². The highest BCUT2D eigenvalue weighted by atomic mass is 79.9. The van der Waals surface area contributed by atoms with Gasteiger partial charge >= 0.3 is 0 Å². The molecule has 0 aromatic heterocycles. The quantitative estimate of drug-likeness (QED) is 0.805. The topological polar surface area (TPSA) is 44.1 Å². The second kappa shape index (κ2) is 4.84. The number of hydrogen-bond donors (Lipinski definition) is 0. The second-order valence-electron chi connectivity index (χ2n) is 3.95. The summed E-state index contributed by atoms with van der Waals surface area (Å²) in [5, 5.41) is 8.69. The third kappa shape index (κ3) is 2.64. The van der Waals surface area contributed by atoms with Crippen molar-refractivity contribution < 1.29 is 9.18 Å². The van der Waals surface area contributed by atoms with Gasteiger partial charge in [0.2, 0.25) is 0 Å². The summed E-state index contributed by atoms with van der Waals surface area (Å²) in [5.41, 5.74) is 0.403. The van der Waals surface area contributed by atoms with E-state index in [9.17, 15) is 9.18 Å². The van der Waals surface area contributed by atoms with Crippen molar-refractivity contribution in [2.75, 3.05) is 6.54 Å². The maximum Gasteiger partial charge on any atom is 0.255 e. The molecule has 1 amide bonds. The molecule has 3 nitrogen and oxygen atoms in total. The second-order valence-corrected chi connectivity index (χ2v) is 4.81. The van der Waals surface area contributed by atoms with Gasteiger partial charge in [0.25, 0.3) is 5.91 Å². The molecule has 0 radical (unpaired) electrons. The Kier molecular flexibility index (Phi) is 3.43. The van der Waals surface area contributed by atoms with Gasteiger partial charge in [-0.3, -0.25) is 4.79 Å². The first-order valence-electron chi connectivity index (χ1n) is 5.26. The lowest BCUT2D eigenvalue weighted by atomic mass is 10.2. The molecule has 88 valence electrons. The zero-order valence-corrected chi connectivity index (χ0v) is 10.6. The lowest BCUT2D eigenvalue weighted by molar-refractivity contribution is 0.0765. The SMILES string of the molecule is N#CCN(C(=O)c1ccc(F)c(Br)c1)C1CC1. The number of hydrogen-bond acceptors (Lipinski definition) is 2. The Bertz CT molecular complexity index is 494. The number of halogens is 2. The number of nitrogens with zero attached hydrogens (tertiary/aromatic N) is 2. The Hall–Kier alpha value is -1.41. The molecule has 5 heteroatoms. The first-order valence-corrected chi connectivity index (χ1v) is 6.05. The smallest absolute Gasteiger partial charge is 0.255 e. The van der Waals surface area contributed by atoms with E-state index in [0.717, 1.165) is 12.8 Å². The van der Waals surface area contributed by atoms with Gasteiger partial charge in [0.05, 0.1) is 10.5 Å². The molecule has 0 unspecified atom stereocenters. The number of benzene rings is 1. The van der Waals surface area contributed by atoms with Crippen LogP contribution in [0, 0.1) is 17.1 Å².